The van der Waals surface area contributed by atoms with E-state index in [4.69, 9.17) is 0 Å². The number of rotatable bonds is 6. The number of carbonyl (C=O) groups is 1. The van der Waals surface area contributed by atoms with Crippen LogP contribution in [0.2, 0.25) is 0 Å². The van der Waals surface area contributed by atoms with Crippen LogP contribution in [-0.2, 0) is 21.4 Å². The van der Waals surface area contributed by atoms with Crippen molar-refractivity contribution in [3.63, 3.8) is 0 Å². The molecule has 0 atom stereocenters. The van der Waals surface area contributed by atoms with Gasteiger partial charge in [-0.15, -0.1) is 0 Å². The van der Waals surface area contributed by atoms with Crippen molar-refractivity contribution in [2.75, 3.05) is 25.4 Å². The summed E-state index contributed by atoms with van der Waals surface area (Å²) in [5.41, 5.74) is 0.855. The number of carbonyl (C=O) groups excluding carboxylic acids is 1. The van der Waals surface area contributed by atoms with Crippen molar-refractivity contribution in [3.05, 3.63) is 35.9 Å². The van der Waals surface area contributed by atoms with Crippen molar-refractivity contribution in [3.8, 4) is 0 Å². The first-order chi connectivity index (χ1) is 12.1. The Morgan fingerprint density at radius 2 is 1.73 bits per heavy atom. The third-order valence-corrected chi connectivity index (χ3v) is 7.10. The molecule has 1 fully saturated rings. The van der Waals surface area contributed by atoms with E-state index < -0.39 is 10.0 Å². The average molecular weight is 381 g/mol. The number of benzene rings is 1. The maximum atomic E-state index is 12.9. The van der Waals surface area contributed by atoms with E-state index in [1.807, 2.05) is 62.9 Å². The first-order valence-corrected chi connectivity index (χ1v) is 11.0. The molecule has 1 aromatic carbocycles. The lowest BCUT2D eigenvalue weighted by Crippen LogP contribution is -2.45. The molecule has 0 unspecified atom stereocenters. The van der Waals surface area contributed by atoms with E-state index in [0.29, 0.717) is 39.0 Å². The normalized spacial score (nSPS) is 17.2. The molecule has 0 aliphatic carbocycles. The Morgan fingerprint density at radius 3 is 2.23 bits per heavy atom. The Labute approximate surface area is 158 Å². The van der Waals surface area contributed by atoms with Crippen LogP contribution < -0.4 is 0 Å². The molecule has 1 saturated heterocycles. The standard InChI is InChI=1S/C20H32N2O3S/c1-5-21(15-17-9-7-6-8-10-17)19(23)18-11-13-22(14-12-18)26(24,25)16-20(2,3)4/h6-10,18H,5,11-16H2,1-4H3. The van der Waals surface area contributed by atoms with Crippen LogP contribution in [0.1, 0.15) is 46.1 Å². The third-order valence-electron chi connectivity index (χ3n) is 4.72. The highest BCUT2D eigenvalue weighted by molar-refractivity contribution is 7.89. The second-order valence-electron chi connectivity index (χ2n) is 8.33. The van der Waals surface area contributed by atoms with E-state index in [0.717, 1.165) is 5.56 Å². The van der Waals surface area contributed by atoms with Gasteiger partial charge in [0.15, 0.2) is 0 Å². The number of amides is 1. The summed E-state index contributed by atoms with van der Waals surface area (Å²) in [6.07, 6.45) is 1.21. The van der Waals surface area contributed by atoms with Crippen LogP contribution in [0.15, 0.2) is 30.3 Å². The van der Waals surface area contributed by atoms with Gasteiger partial charge in [0.05, 0.1) is 5.75 Å². The summed E-state index contributed by atoms with van der Waals surface area (Å²) in [6.45, 7) is 9.95. The summed E-state index contributed by atoms with van der Waals surface area (Å²) in [5.74, 6) is 0.206. The molecule has 1 amide bonds. The highest BCUT2D eigenvalue weighted by Gasteiger charge is 2.34. The number of hydrogen-bond donors (Lipinski definition) is 0. The molecule has 0 N–H and O–H groups in total. The zero-order valence-corrected chi connectivity index (χ0v) is 17.3. The van der Waals surface area contributed by atoms with Gasteiger partial charge in [-0.05, 0) is 30.7 Å². The number of sulfonamides is 1. The molecule has 1 heterocycles. The van der Waals surface area contributed by atoms with E-state index in [2.05, 4.69) is 0 Å². The van der Waals surface area contributed by atoms with E-state index in [9.17, 15) is 13.2 Å². The Balaban J connectivity index is 1.94. The summed E-state index contributed by atoms with van der Waals surface area (Å²) < 4.78 is 26.6. The zero-order chi connectivity index (χ0) is 19.4. The monoisotopic (exact) mass is 380 g/mol. The lowest BCUT2D eigenvalue weighted by molar-refractivity contribution is -0.137. The van der Waals surface area contributed by atoms with Crippen LogP contribution in [0, 0.1) is 11.3 Å². The lowest BCUT2D eigenvalue weighted by Gasteiger charge is -2.34. The van der Waals surface area contributed by atoms with Gasteiger partial charge in [0.25, 0.3) is 0 Å². The first kappa shape index (κ1) is 20.9. The van der Waals surface area contributed by atoms with Crippen molar-refractivity contribution in [1.82, 2.24) is 9.21 Å². The van der Waals surface area contributed by atoms with Gasteiger partial charge in [0.2, 0.25) is 15.9 Å². The van der Waals surface area contributed by atoms with Gasteiger partial charge in [-0.25, -0.2) is 12.7 Å². The van der Waals surface area contributed by atoms with Crippen LogP contribution in [-0.4, -0.2) is 48.9 Å². The summed E-state index contributed by atoms with van der Waals surface area (Å²) in [4.78, 5) is 14.8. The smallest absolute Gasteiger partial charge is 0.226 e. The fraction of sp³-hybridized carbons (Fsp3) is 0.650. The fourth-order valence-corrected chi connectivity index (χ4v) is 5.47. The Morgan fingerprint density at radius 1 is 1.15 bits per heavy atom. The number of hydrogen-bond acceptors (Lipinski definition) is 3. The molecule has 0 aromatic heterocycles. The molecule has 1 aromatic rings. The molecule has 6 heteroatoms. The van der Waals surface area contributed by atoms with Gasteiger partial charge in [-0.1, -0.05) is 51.1 Å². The van der Waals surface area contributed by atoms with Crippen molar-refractivity contribution < 1.29 is 13.2 Å². The first-order valence-electron chi connectivity index (χ1n) is 9.43. The van der Waals surface area contributed by atoms with Crippen molar-refractivity contribution in [2.45, 2.75) is 47.1 Å². The van der Waals surface area contributed by atoms with E-state index in [-0.39, 0.29) is 23.0 Å². The van der Waals surface area contributed by atoms with Gasteiger partial charge < -0.3 is 4.90 Å². The topological polar surface area (TPSA) is 57.7 Å². The predicted octanol–water partition coefficient (Wildman–Crippen LogP) is 3.12. The molecule has 0 radical (unpaired) electrons. The molecular weight excluding hydrogens is 348 g/mol. The fourth-order valence-electron chi connectivity index (χ4n) is 3.43. The minimum Gasteiger partial charge on any atom is -0.338 e. The van der Waals surface area contributed by atoms with Crippen LogP contribution in [0.25, 0.3) is 0 Å². The van der Waals surface area contributed by atoms with Crippen molar-refractivity contribution in [1.29, 1.82) is 0 Å². The van der Waals surface area contributed by atoms with E-state index in [1.165, 1.54) is 0 Å². The zero-order valence-electron chi connectivity index (χ0n) is 16.4. The number of piperidine rings is 1. The minimum absolute atomic E-state index is 0.0836. The molecule has 1 aliphatic heterocycles. The Hall–Kier alpha value is -1.40. The maximum absolute atomic E-state index is 12.9. The van der Waals surface area contributed by atoms with Gasteiger partial charge in [-0.2, -0.15) is 0 Å². The van der Waals surface area contributed by atoms with Crippen molar-refractivity contribution in [2.24, 2.45) is 11.3 Å². The molecule has 2 rings (SSSR count). The predicted molar refractivity (Wildman–Crippen MR) is 105 cm³/mol. The molecule has 0 saturated carbocycles. The highest BCUT2D eigenvalue weighted by Crippen LogP contribution is 2.25. The van der Waals surface area contributed by atoms with Crippen molar-refractivity contribution >= 4 is 15.9 Å². The summed E-state index contributed by atoms with van der Waals surface area (Å²) in [6, 6.07) is 9.98. The summed E-state index contributed by atoms with van der Waals surface area (Å²) in [7, 11) is -3.26. The lowest BCUT2D eigenvalue weighted by atomic mass is 9.96. The third kappa shape index (κ3) is 5.81. The molecular formula is C20H32N2O3S. The molecule has 146 valence electrons. The van der Waals surface area contributed by atoms with Crippen LogP contribution in [0.5, 0.6) is 0 Å². The van der Waals surface area contributed by atoms with Gasteiger partial charge >= 0.3 is 0 Å². The molecule has 26 heavy (non-hydrogen) atoms. The average Bonchev–Trinajstić information content (AvgIpc) is 2.58. The second-order valence-corrected chi connectivity index (χ2v) is 10.3. The molecule has 0 bridgehead atoms. The summed E-state index contributed by atoms with van der Waals surface area (Å²) >= 11 is 0. The highest BCUT2D eigenvalue weighted by atomic mass is 32.2. The van der Waals surface area contributed by atoms with Crippen LogP contribution in [0.3, 0.4) is 0 Å². The van der Waals surface area contributed by atoms with Gasteiger partial charge in [0, 0.05) is 32.1 Å². The van der Waals surface area contributed by atoms with Gasteiger partial charge in [0.1, 0.15) is 0 Å². The SMILES string of the molecule is CCN(Cc1ccccc1)C(=O)C1CCN(S(=O)(=O)CC(C)(C)C)CC1. The summed E-state index contributed by atoms with van der Waals surface area (Å²) in [5, 5.41) is 0. The molecule has 1 aliphatic rings. The Kier molecular flexibility index (Phi) is 6.86. The van der Waals surface area contributed by atoms with Crippen LogP contribution >= 0.6 is 0 Å². The van der Waals surface area contributed by atoms with Crippen LogP contribution in [0.4, 0.5) is 0 Å². The van der Waals surface area contributed by atoms with Gasteiger partial charge in [-0.3, -0.25) is 4.79 Å². The maximum Gasteiger partial charge on any atom is 0.226 e. The molecule has 0 spiro atoms. The second kappa shape index (κ2) is 8.53. The number of nitrogens with zero attached hydrogens (tertiary/aromatic N) is 2. The van der Waals surface area contributed by atoms with E-state index in [1.54, 1.807) is 4.31 Å². The quantitative estimate of drug-likeness (QED) is 0.762. The van der Waals surface area contributed by atoms with E-state index >= 15 is 0 Å². The molecule has 5 nitrogen and oxygen atoms in total. The largest absolute Gasteiger partial charge is 0.338 e. The minimum atomic E-state index is -3.26. The Bertz CT molecular complexity index is 688.